The molecule has 1 atom stereocenters. The first-order valence-corrected chi connectivity index (χ1v) is 5.99. The minimum Gasteiger partial charge on any atom is -0.389 e. The average molecular weight is 211 g/mol. The number of pyridine rings is 1. The Bertz CT molecular complexity index is 258. The fourth-order valence-electron chi connectivity index (χ4n) is 1.05. The van der Waals surface area contributed by atoms with Crippen LogP contribution in [0.3, 0.4) is 0 Å². The molecule has 1 aromatic heterocycles. The van der Waals surface area contributed by atoms with Gasteiger partial charge in [0.1, 0.15) is 0 Å². The maximum atomic E-state index is 9.28. The van der Waals surface area contributed by atoms with Crippen LogP contribution in [-0.2, 0) is 0 Å². The Hall–Kier alpha value is -0.540. The van der Waals surface area contributed by atoms with Gasteiger partial charge in [-0.15, -0.1) is 11.8 Å². The summed E-state index contributed by atoms with van der Waals surface area (Å²) in [5.41, 5.74) is 0.879. The van der Waals surface area contributed by atoms with Crippen LogP contribution in [0, 0.1) is 0 Å². The highest BCUT2D eigenvalue weighted by Crippen LogP contribution is 2.18. The molecule has 1 heterocycles. The predicted molar refractivity (Wildman–Crippen MR) is 60.5 cm³/mol. The molecule has 1 N–H and O–H groups in total. The summed E-state index contributed by atoms with van der Waals surface area (Å²) in [5, 5.41) is 10.3. The molecule has 0 amide bonds. The number of aromatic nitrogens is 1. The van der Waals surface area contributed by atoms with Crippen molar-refractivity contribution < 1.29 is 5.11 Å². The van der Waals surface area contributed by atoms with Crippen molar-refractivity contribution in [2.24, 2.45) is 0 Å². The van der Waals surface area contributed by atoms with Crippen molar-refractivity contribution in [1.82, 2.24) is 4.98 Å². The molecular weight excluding hydrogens is 194 g/mol. The van der Waals surface area contributed by atoms with Crippen LogP contribution in [0.1, 0.15) is 38.4 Å². The molecule has 0 fully saturated rings. The van der Waals surface area contributed by atoms with Gasteiger partial charge in [0.2, 0.25) is 0 Å². The van der Waals surface area contributed by atoms with Crippen molar-refractivity contribution in [1.29, 1.82) is 0 Å². The second-order valence-corrected chi connectivity index (χ2v) is 4.42. The van der Waals surface area contributed by atoms with E-state index in [0.717, 1.165) is 16.3 Å². The summed E-state index contributed by atoms with van der Waals surface area (Å²) in [7, 11) is 0. The number of aliphatic hydroxyl groups excluding tert-OH is 1. The molecule has 78 valence electrons. The molecule has 0 bridgehead atoms. The molecule has 0 saturated carbocycles. The highest BCUT2D eigenvalue weighted by atomic mass is 32.2. The Morgan fingerprint density at radius 2 is 2.29 bits per heavy atom. The molecule has 3 heteroatoms. The van der Waals surface area contributed by atoms with Gasteiger partial charge in [0.15, 0.2) is 0 Å². The van der Waals surface area contributed by atoms with Gasteiger partial charge in [0, 0.05) is 6.20 Å². The SMILES string of the molecule is CCCCSc1ccc([C@@H](C)O)cn1. The summed E-state index contributed by atoms with van der Waals surface area (Å²) in [5.74, 6) is 1.12. The van der Waals surface area contributed by atoms with Gasteiger partial charge in [-0.1, -0.05) is 19.4 Å². The van der Waals surface area contributed by atoms with Gasteiger partial charge < -0.3 is 5.11 Å². The van der Waals surface area contributed by atoms with Crippen molar-refractivity contribution in [3.8, 4) is 0 Å². The van der Waals surface area contributed by atoms with Gasteiger partial charge >= 0.3 is 0 Å². The first-order valence-electron chi connectivity index (χ1n) is 5.01. The van der Waals surface area contributed by atoms with Crippen molar-refractivity contribution in [2.45, 2.75) is 37.8 Å². The van der Waals surface area contributed by atoms with E-state index >= 15 is 0 Å². The van der Waals surface area contributed by atoms with Crippen LogP contribution >= 0.6 is 11.8 Å². The zero-order chi connectivity index (χ0) is 10.4. The maximum absolute atomic E-state index is 9.28. The van der Waals surface area contributed by atoms with Crippen LogP contribution in [0.15, 0.2) is 23.4 Å². The number of thioether (sulfide) groups is 1. The highest BCUT2D eigenvalue weighted by Gasteiger charge is 2.01. The fourth-order valence-corrected chi connectivity index (χ4v) is 1.98. The smallest absolute Gasteiger partial charge is 0.0960 e. The molecule has 0 spiro atoms. The third-order valence-electron chi connectivity index (χ3n) is 1.99. The van der Waals surface area contributed by atoms with E-state index in [1.807, 2.05) is 12.1 Å². The van der Waals surface area contributed by atoms with Crippen molar-refractivity contribution >= 4 is 11.8 Å². The first kappa shape index (κ1) is 11.5. The number of unbranched alkanes of at least 4 members (excludes halogenated alkanes) is 1. The number of rotatable bonds is 5. The summed E-state index contributed by atoms with van der Waals surface area (Å²) in [6.07, 6.45) is 3.78. The molecule has 0 radical (unpaired) electrons. The van der Waals surface area contributed by atoms with Crippen LogP contribution in [0.5, 0.6) is 0 Å². The van der Waals surface area contributed by atoms with E-state index in [2.05, 4.69) is 11.9 Å². The minimum atomic E-state index is -0.419. The van der Waals surface area contributed by atoms with E-state index in [1.54, 1.807) is 24.9 Å². The van der Waals surface area contributed by atoms with Crippen molar-refractivity contribution in [2.75, 3.05) is 5.75 Å². The summed E-state index contributed by atoms with van der Waals surface area (Å²) in [4.78, 5) is 4.27. The quantitative estimate of drug-likeness (QED) is 0.600. The van der Waals surface area contributed by atoms with Gasteiger partial charge in [0.25, 0.3) is 0 Å². The van der Waals surface area contributed by atoms with Crippen LogP contribution in [0.25, 0.3) is 0 Å². The van der Waals surface area contributed by atoms with E-state index in [0.29, 0.717) is 0 Å². The predicted octanol–water partition coefficient (Wildman–Crippen LogP) is 3.03. The largest absolute Gasteiger partial charge is 0.389 e. The molecule has 0 aromatic carbocycles. The van der Waals surface area contributed by atoms with Gasteiger partial charge in [-0.05, 0) is 30.7 Å². The summed E-state index contributed by atoms with van der Waals surface area (Å²) in [6, 6.07) is 3.91. The molecule has 0 aliphatic heterocycles. The van der Waals surface area contributed by atoms with Crippen molar-refractivity contribution in [3.05, 3.63) is 23.9 Å². The third kappa shape index (κ3) is 3.68. The lowest BCUT2D eigenvalue weighted by atomic mass is 10.2. The highest BCUT2D eigenvalue weighted by molar-refractivity contribution is 7.99. The zero-order valence-electron chi connectivity index (χ0n) is 8.73. The van der Waals surface area contributed by atoms with E-state index < -0.39 is 6.10 Å². The van der Waals surface area contributed by atoms with E-state index in [4.69, 9.17) is 0 Å². The molecule has 0 saturated heterocycles. The Kier molecular flexibility index (Phi) is 4.98. The molecule has 0 aliphatic carbocycles. The second kappa shape index (κ2) is 6.04. The van der Waals surface area contributed by atoms with E-state index in [9.17, 15) is 5.11 Å². The normalized spacial score (nSPS) is 12.8. The van der Waals surface area contributed by atoms with E-state index in [1.165, 1.54) is 12.8 Å². The Balaban J connectivity index is 2.47. The lowest BCUT2D eigenvalue weighted by molar-refractivity contribution is 0.198. The van der Waals surface area contributed by atoms with E-state index in [-0.39, 0.29) is 0 Å². The Morgan fingerprint density at radius 3 is 2.79 bits per heavy atom. The Morgan fingerprint density at radius 1 is 1.50 bits per heavy atom. The summed E-state index contributed by atoms with van der Waals surface area (Å²) >= 11 is 1.77. The average Bonchev–Trinajstić information content (AvgIpc) is 2.19. The summed E-state index contributed by atoms with van der Waals surface area (Å²) < 4.78 is 0. The van der Waals surface area contributed by atoms with Crippen molar-refractivity contribution in [3.63, 3.8) is 0 Å². The molecule has 14 heavy (non-hydrogen) atoms. The van der Waals surface area contributed by atoms with Crippen LogP contribution in [0.4, 0.5) is 0 Å². The number of hydrogen-bond donors (Lipinski definition) is 1. The third-order valence-corrected chi connectivity index (χ3v) is 3.02. The number of hydrogen-bond acceptors (Lipinski definition) is 3. The molecule has 0 aliphatic rings. The lowest BCUT2D eigenvalue weighted by Crippen LogP contribution is -1.92. The molecular formula is C11H17NOS. The fraction of sp³-hybridized carbons (Fsp3) is 0.545. The summed E-state index contributed by atoms with van der Waals surface area (Å²) in [6.45, 7) is 3.94. The van der Waals surface area contributed by atoms with Gasteiger partial charge in [-0.3, -0.25) is 0 Å². The van der Waals surface area contributed by atoms with Crippen LogP contribution < -0.4 is 0 Å². The lowest BCUT2D eigenvalue weighted by Gasteiger charge is -2.04. The zero-order valence-corrected chi connectivity index (χ0v) is 9.55. The van der Waals surface area contributed by atoms with Crippen LogP contribution in [0.2, 0.25) is 0 Å². The number of aliphatic hydroxyl groups is 1. The molecule has 0 unspecified atom stereocenters. The molecule has 1 rings (SSSR count). The molecule has 2 nitrogen and oxygen atoms in total. The topological polar surface area (TPSA) is 33.1 Å². The van der Waals surface area contributed by atoms with Gasteiger partial charge in [-0.2, -0.15) is 0 Å². The monoisotopic (exact) mass is 211 g/mol. The molecule has 1 aromatic rings. The standard InChI is InChI=1S/C11H17NOS/c1-3-4-7-14-11-6-5-10(8-12-11)9(2)13/h5-6,8-9,13H,3-4,7H2,1-2H3/t9-/m1/s1. The minimum absolute atomic E-state index is 0.419. The Labute approximate surface area is 89.8 Å². The number of nitrogens with zero attached hydrogens (tertiary/aromatic N) is 1. The first-order chi connectivity index (χ1) is 6.74. The van der Waals surface area contributed by atoms with Gasteiger partial charge in [0.05, 0.1) is 11.1 Å². The second-order valence-electron chi connectivity index (χ2n) is 3.31. The maximum Gasteiger partial charge on any atom is 0.0960 e. The van der Waals surface area contributed by atoms with Gasteiger partial charge in [-0.25, -0.2) is 4.98 Å². The van der Waals surface area contributed by atoms with Crippen LogP contribution in [-0.4, -0.2) is 15.8 Å².